The summed E-state index contributed by atoms with van der Waals surface area (Å²) in [6.45, 7) is 2.95. The summed E-state index contributed by atoms with van der Waals surface area (Å²) >= 11 is 0. The van der Waals surface area contributed by atoms with Crippen molar-refractivity contribution in [3.05, 3.63) is 58.9 Å². The zero-order chi connectivity index (χ0) is 15.0. The lowest BCUT2D eigenvalue weighted by Crippen LogP contribution is -2.18. The first-order valence-electron chi connectivity index (χ1n) is 7.11. The highest BCUT2D eigenvalue weighted by molar-refractivity contribution is 5.66. The molecule has 1 atom stereocenters. The Labute approximate surface area is 121 Å². The molecule has 21 heavy (non-hydrogen) atoms. The summed E-state index contributed by atoms with van der Waals surface area (Å²) in [4.78, 5) is 0. The van der Waals surface area contributed by atoms with Crippen molar-refractivity contribution in [1.29, 1.82) is 0 Å². The highest BCUT2D eigenvalue weighted by Gasteiger charge is 2.22. The van der Waals surface area contributed by atoms with Crippen LogP contribution in [0.25, 0.3) is 11.1 Å². The molecule has 0 bridgehead atoms. The van der Waals surface area contributed by atoms with E-state index in [4.69, 9.17) is 0 Å². The van der Waals surface area contributed by atoms with Crippen LogP contribution in [0.2, 0.25) is 0 Å². The lowest BCUT2D eigenvalue weighted by atomic mass is 9.99. The molecule has 0 saturated heterocycles. The minimum Gasteiger partial charge on any atom is -0.310 e. The molecule has 0 aromatic heterocycles. The van der Waals surface area contributed by atoms with Gasteiger partial charge in [-0.05, 0) is 42.1 Å². The molecular weight excluding hydrogens is 275 g/mol. The summed E-state index contributed by atoms with van der Waals surface area (Å²) in [6.07, 6.45) is 1.92. The molecule has 0 spiro atoms. The van der Waals surface area contributed by atoms with E-state index in [0.29, 0.717) is 17.7 Å². The van der Waals surface area contributed by atoms with Crippen LogP contribution < -0.4 is 5.32 Å². The van der Waals surface area contributed by atoms with E-state index >= 15 is 0 Å². The number of halogens is 3. The molecule has 1 aliphatic carbocycles. The van der Waals surface area contributed by atoms with Gasteiger partial charge in [0.1, 0.15) is 5.82 Å². The maximum Gasteiger partial charge on any atom is 0.161 e. The van der Waals surface area contributed by atoms with Crippen molar-refractivity contribution in [2.75, 3.05) is 6.54 Å². The molecular formula is C17H16F3N. The van der Waals surface area contributed by atoms with E-state index in [1.807, 2.05) is 12.1 Å². The van der Waals surface area contributed by atoms with Crippen molar-refractivity contribution in [2.24, 2.45) is 0 Å². The maximum atomic E-state index is 13.8. The van der Waals surface area contributed by atoms with Gasteiger partial charge in [0.05, 0.1) is 0 Å². The second-order valence-electron chi connectivity index (χ2n) is 5.31. The normalized spacial score (nSPS) is 17.0. The second-order valence-corrected chi connectivity index (χ2v) is 5.31. The summed E-state index contributed by atoms with van der Waals surface area (Å²) in [5.41, 5.74) is 3.04. The van der Waals surface area contributed by atoms with E-state index in [-0.39, 0.29) is 5.56 Å². The third-order valence-electron chi connectivity index (χ3n) is 3.99. The number of nitrogens with one attached hydrogen (secondary N) is 1. The lowest BCUT2D eigenvalue weighted by Gasteiger charge is -2.13. The van der Waals surface area contributed by atoms with E-state index in [2.05, 4.69) is 12.2 Å². The van der Waals surface area contributed by atoms with Crippen molar-refractivity contribution >= 4 is 0 Å². The summed E-state index contributed by atoms with van der Waals surface area (Å²) in [6, 6.07) is 7.44. The molecule has 0 saturated carbocycles. The van der Waals surface area contributed by atoms with Gasteiger partial charge in [-0.3, -0.25) is 0 Å². The standard InChI is InChI=1S/C17H16F3N/c1-2-21-17-6-4-10-7-11(3-5-12(10)17)13-8-15(19)16(20)9-14(13)18/h3,5,7-9,17,21H,2,4,6H2,1H3. The fourth-order valence-electron chi connectivity index (χ4n) is 2.99. The lowest BCUT2D eigenvalue weighted by molar-refractivity contribution is 0.496. The fourth-order valence-corrected chi connectivity index (χ4v) is 2.99. The minimum atomic E-state index is -1.16. The Morgan fingerprint density at radius 3 is 2.57 bits per heavy atom. The zero-order valence-electron chi connectivity index (χ0n) is 11.7. The Morgan fingerprint density at radius 2 is 1.81 bits per heavy atom. The number of rotatable bonds is 3. The van der Waals surface area contributed by atoms with Crippen LogP contribution in [0.4, 0.5) is 13.2 Å². The van der Waals surface area contributed by atoms with Gasteiger partial charge in [-0.2, -0.15) is 0 Å². The smallest absolute Gasteiger partial charge is 0.161 e. The molecule has 0 heterocycles. The number of hydrogen-bond donors (Lipinski definition) is 1. The van der Waals surface area contributed by atoms with Crippen molar-refractivity contribution in [1.82, 2.24) is 5.32 Å². The first kappa shape index (κ1) is 14.1. The van der Waals surface area contributed by atoms with Gasteiger partial charge in [-0.1, -0.05) is 25.1 Å². The van der Waals surface area contributed by atoms with E-state index in [9.17, 15) is 13.2 Å². The Bertz CT molecular complexity index is 682. The van der Waals surface area contributed by atoms with Gasteiger partial charge < -0.3 is 5.32 Å². The molecule has 1 nitrogen and oxygen atoms in total. The van der Waals surface area contributed by atoms with Crippen molar-refractivity contribution in [2.45, 2.75) is 25.8 Å². The van der Waals surface area contributed by atoms with E-state index < -0.39 is 17.5 Å². The van der Waals surface area contributed by atoms with Crippen LogP contribution in [0.1, 0.15) is 30.5 Å². The molecule has 1 aliphatic rings. The molecule has 0 amide bonds. The quantitative estimate of drug-likeness (QED) is 0.828. The van der Waals surface area contributed by atoms with Crippen LogP contribution in [0.3, 0.4) is 0 Å². The van der Waals surface area contributed by atoms with Crippen LogP contribution in [-0.2, 0) is 6.42 Å². The molecule has 4 heteroatoms. The van der Waals surface area contributed by atoms with Gasteiger partial charge in [0.15, 0.2) is 11.6 Å². The molecule has 0 fully saturated rings. The first-order chi connectivity index (χ1) is 10.1. The minimum absolute atomic E-state index is 0.101. The number of aryl methyl sites for hydroxylation is 1. The number of hydrogen-bond acceptors (Lipinski definition) is 1. The molecule has 2 aromatic rings. The molecule has 2 aromatic carbocycles. The van der Waals surface area contributed by atoms with E-state index in [0.717, 1.165) is 31.0 Å². The first-order valence-corrected chi connectivity index (χ1v) is 7.11. The van der Waals surface area contributed by atoms with Crippen molar-refractivity contribution < 1.29 is 13.2 Å². The average molecular weight is 291 g/mol. The Hall–Kier alpha value is -1.81. The average Bonchev–Trinajstić information content (AvgIpc) is 2.86. The highest BCUT2D eigenvalue weighted by Crippen LogP contribution is 2.35. The van der Waals surface area contributed by atoms with Crippen LogP contribution >= 0.6 is 0 Å². The second kappa shape index (κ2) is 5.53. The van der Waals surface area contributed by atoms with Crippen molar-refractivity contribution in [3.8, 4) is 11.1 Å². The Morgan fingerprint density at radius 1 is 1.05 bits per heavy atom. The fraction of sp³-hybridized carbons (Fsp3) is 0.294. The van der Waals surface area contributed by atoms with E-state index in [1.165, 1.54) is 5.56 Å². The maximum absolute atomic E-state index is 13.8. The molecule has 110 valence electrons. The SMILES string of the molecule is CCNC1CCc2cc(-c3cc(F)c(F)cc3F)ccc21. The van der Waals surface area contributed by atoms with Crippen LogP contribution in [0, 0.1) is 17.5 Å². The van der Waals surface area contributed by atoms with Crippen LogP contribution in [0.5, 0.6) is 0 Å². The van der Waals surface area contributed by atoms with Gasteiger partial charge in [0.2, 0.25) is 0 Å². The van der Waals surface area contributed by atoms with E-state index in [1.54, 1.807) is 6.07 Å². The largest absolute Gasteiger partial charge is 0.310 e. The van der Waals surface area contributed by atoms with Gasteiger partial charge in [-0.25, -0.2) is 13.2 Å². The van der Waals surface area contributed by atoms with Gasteiger partial charge >= 0.3 is 0 Å². The number of benzene rings is 2. The van der Waals surface area contributed by atoms with Gasteiger partial charge in [0.25, 0.3) is 0 Å². The number of fused-ring (bicyclic) bond motifs is 1. The monoisotopic (exact) mass is 291 g/mol. The van der Waals surface area contributed by atoms with Crippen LogP contribution in [-0.4, -0.2) is 6.54 Å². The summed E-state index contributed by atoms with van der Waals surface area (Å²) in [5.74, 6) is -2.93. The highest BCUT2D eigenvalue weighted by atomic mass is 19.2. The molecule has 0 radical (unpaired) electrons. The molecule has 1 unspecified atom stereocenters. The third-order valence-corrected chi connectivity index (χ3v) is 3.99. The molecule has 1 N–H and O–H groups in total. The van der Waals surface area contributed by atoms with Gasteiger partial charge in [-0.15, -0.1) is 0 Å². The zero-order valence-corrected chi connectivity index (χ0v) is 11.7. The summed E-state index contributed by atoms with van der Waals surface area (Å²) in [7, 11) is 0. The summed E-state index contributed by atoms with van der Waals surface area (Å²) in [5, 5.41) is 3.40. The molecule has 0 aliphatic heterocycles. The Balaban J connectivity index is 2.01. The third kappa shape index (κ3) is 2.56. The predicted molar refractivity (Wildman–Crippen MR) is 76.5 cm³/mol. The molecule has 3 rings (SSSR count). The Kier molecular flexibility index (Phi) is 3.72. The topological polar surface area (TPSA) is 12.0 Å². The summed E-state index contributed by atoms with van der Waals surface area (Å²) < 4.78 is 40.2. The van der Waals surface area contributed by atoms with Crippen LogP contribution in [0.15, 0.2) is 30.3 Å². The van der Waals surface area contributed by atoms with Crippen molar-refractivity contribution in [3.63, 3.8) is 0 Å². The predicted octanol–water partition coefficient (Wildman–Crippen LogP) is 4.37. The van der Waals surface area contributed by atoms with Gasteiger partial charge in [0, 0.05) is 17.7 Å².